The van der Waals surface area contributed by atoms with Crippen molar-refractivity contribution in [2.75, 3.05) is 26.2 Å². The smallest absolute Gasteiger partial charge is 0.239 e. The van der Waals surface area contributed by atoms with Crippen molar-refractivity contribution in [1.29, 1.82) is 0 Å². The molecule has 0 aliphatic carbocycles. The molecule has 98 valence electrons. The van der Waals surface area contributed by atoms with E-state index in [-0.39, 0.29) is 25.5 Å². The highest BCUT2D eigenvalue weighted by Gasteiger charge is 2.05. The van der Waals surface area contributed by atoms with E-state index in [4.69, 9.17) is 5.73 Å². The molecule has 0 aliphatic rings. The molecule has 0 atom stereocenters. The van der Waals surface area contributed by atoms with Crippen LogP contribution in [0.25, 0.3) is 0 Å². The molecular weight excluding hydrogens is 224 g/mol. The van der Waals surface area contributed by atoms with E-state index in [1.54, 1.807) is 0 Å². The fraction of sp³-hybridized carbons (Fsp3) is 0.700. The number of carbonyl (C=O) groups is 3. The van der Waals surface area contributed by atoms with Gasteiger partial charge in [0.1, 0.15) is 0 Å². The largest absolute Gasteiger partial charge is 0.355 e. The van der Waals surface area contributed by atoms with Gasteiger partial charge in [-0.15, -0.1) is 0 Å². The summed E-state index contributed by atoms with van der Waals surface area (Å²) >= 11 is 0. The number of amides is 3. The van der Waals surface area contributed by atoms with Gasteiger partial charge >= 0.3 is 0 Å². The van der Waals surface area contributed by atoms with Gasteiger partial charge in [0, 0.05) is 6.54 Å². The summed E-state index contributed by atoms with van der Waals surface area (Å²) < 4.78 is 0. The fourth-order valence-electron chi connectivity index (χ4n) is 0.959. The maximum absolute atomic E-state index is 11.2. The third kappa shape index (κ3) is 9.31. The topological polar surface area (TPSA) is 113 Å². The van der Waals surface area contributed by atoms with E-state index in [0.717, 1.165) is 12.8 Å². The lowest BCUT2D eigenvalue weighted by molar-refractivity contribution is -0.127. The Hall–Kier alpha value is -1.63. The Labute approximate surface area is 100 Å². The summed E-state index contributed by atoms with van der Waals surface area (Å²) in [5, 5.41) is 7.34. The Morgan fingerprint density at radius 2 is 1.47 bits per heavy atom. The highest BCUT2D eigenvalue weighted by atomic mass is 16.2. The predicted molar refractivity (Wildman–Crippen MR) is 63.0 cm³/mol. The van der Waals surface area contributed by atoms with Crippen LogP contribution in [0.3, 0.4) is 0 Å². The zero-order valence-electron chi connectivity index (χ0n) is 10.0. The highest BCUT2D eigenvalue weighted by Crippen LogP contribution is 1.81. The maximum atomic E-state index is 11.2. The van der Waals surface area contributed by atoms with Gasteiger partial charge in [0.15, 0.2) is 0 Å². The average molecular weight is 244 g/mol. The summed E-state index contributed by atoms with van der Waals surface area (Å²) in [6.07, 6.45) is 1.91. The highest BCUT2D eigenvalue weighted by molar-refractivity contribution is 5.88. The summed E-state index contributed by atoms with van der Waals surface area (Å²) in [5.41, 5.74) is 5.04. The molecule has 0 spiro atoms. The number of rotatable bonds is 8. The van der Waals surface area contributed by atoms with Crippen molar-refractivity contribution in [2.24, 2.45) is 5.73 Å². The molecule has 7 nitrogen and oxygen atoms in total. The van der Waals surface area contributed by atoms with E-state index < -0.39 is 11.8 Å². The van der Waals surface area contributed by atoms with E-state index in [1.807, 2.05) is 6.92 Å². The second-order valence-electron chi connectivity index (χ2n) is 3.46. The van der Waals surface area contributed by atoms with Crippen LogP contribution in [0.2, 0.25) is 0 Å². The molecule has 0 aliphatic heterocycles. The van der Waals surface area contributed by atoms with Gasteiger partial charge in [-0.2, -0.15) is 0 Å². The lowest BCUT2D eigenvalue weighted by atomic mass is 10.3. The first-order valence-corrected chi connectivity index (χ1v) is 5.60. The van der Waals surface area contributed by atoms with Gasteiger partial charge in [-0.1, -0.05) is 13.3 Å². The van der Waals surface area contributed by atoms with Crippen molar-refractivity contribution in [1.82, 2.24) is 16.0 Å². The molecule has 17 heavy (non-hydrogen) atoms. The van der Waals surface area contributed by atoms with Crippen LogP contribution in [0.15, 0.2) is 0 Å². The molecule has 0 saturated heterocycles. The monoisotopic (exact) mass is 244 g/mol. The Bertz CT molecular complexity index is 268. The van der Waals surface area contributed by atoms with Crippen molar-refractivity contribution < 1.29 is 14.4 Å². The zero-order valence-corrected chi connectivity index (χ0v) is 10.0. The molecular formula is C10H20N4O3. The third-order valence-corrected chi connectivity index (χ3v) is 1.93. The van der Waals surface area contributed by atoms with Crippen LogP contribution in [-0.2, 0) is 14.4 Å². The second kappa shape index (κ2) is 9.59. The van der Waals surface area contributed by atoms with Gasteiger partial charge in [-0.25, -0.2) is 0 Å². The molecule has 0 aromatic carbocycles. The quantitative estimate of drug-likeness (QED) is 0.373. The molecule has 0 heterocycles. The van der Waals surface area contributed by atoms with Crippen LogP contribution >= 0.6 is 0 Å². The number of unbranched alkanes of at least 4 members (excludes halogenated alkanes) is 1. The van der Waals surface area contributed by atoms with E-state index in [0.29, 0.717) is 6.54 Å². The zero-order chi connectivity index (χ0) is 13.1. The normalized spacial score (nSPS) is 9.53. The maximum Gasteiger partial charge on any atom is 0.239 e. The number of carbonyl (C=O) groups excluding carboxylic acids is 3. The lowest BCUT2D eigenvalue weighted by Crippen LogP contribution is -2.43. The summed E-state index contributed by atoms with van der Waals surface area (Å²) in [7, 11) is 0. The van der Waals surface area contributed by atoms with E-state index in [9.17, 15) is 14.4 Å². The Morgan fingerprint density at radius 1 is 0.941 bits per heavy atom. The minimum atomic E-state index is -0.419. The summed E-state index contributed by atoms with van der Waals surface area (Å²) in [6.45, 7) is 2.22. The van der Waals surface area contributed by atoms with Gasteiger partial charge in [0.25, 0.3) is 0 Å². The van der Waals surface area contributed by atoms with Crippen molar-refractivity contribution in [3.8, 4) is 0 Å². The second-order valence-corrected chi connectivity index (χ2v) is 3.46. The van der Waals surface area contributed by atoms with E-state index in [2.05, 4.69) is 16.0 Å². The first-order chi connectivity index (χ1) is 8.10. The Balaban J connectivity index is 3.55. The first-order valence-electron chi connectivity index (χ1n) is 5.60. The fourth-order valence-corrected chi connectivity index (χ4v) is 0.959. The third-order valence-electron chi connectivity index (χ3n) is 1.93. The Morgan fingerprint density at radius 3 is 2.00 bits per heavy atom. The molecule has 3 amide bonds. The number of hydrogen-bond acceptors (Lipinski definition) is 4. The van der Waals surface area contributed by atoms with Crippen LogP contribution < -0.4 is 21.7 Å². The number of nitrogens with two attached hydrogens (primary N) is 1. The first kappa shape index (κ1) is 15.4. The van der Waals surface area contributed by atoms with Gasteiger partial charge in [-0.3, -0.25) is 14.4 Å². The lowest BCUT2D eigenvalue weighted by Gasteiger charge is -2.07. The molecule has 0 fully saturated rings. The minimum Gasteiger partial charge on any atom is -0.355 e. The number of hydrogen-bond donors (Lipinski definition) is 4. The summed E-state index contributed by atoms with van der Waals surface area (Å²) in [6, 6.07) is 0. The average Bonchev–Trinajstić information content (AvgIpc) is 2.33. The van der Waals surface area contributed by atoms with Gasteiger partial charge < -0.3 is 21.7 Å². The molecule has 0 aromatic rings. The van der Waals surface area contributed by atoms with Crippen LogP contribution in [0.4, 0.5) is 0 Å². The van der Waals surface area contributed by atoms with Crippen molar-refractivity contribution in [2.45, 2.75) is 19.8 Å². The molecule has 7 heteroatoms. The van der Waals surface area contributed by atoms with Crippen LogP contribution in [0.1, 0.15) is 19.8 Å². The summed E-state index contributed by atoms with van der Waals surface area (Å²) in [5.74, 6) is -1.07. The standard InChI is InChI=1S/C10H20N4O3/c1-2-3-4-12-9(16)6-14-10(17)7-13-8(15)5-11/h2-7,11H2,1H3,(H,12,16)(H,13,15)(H,14,17). The van der Waals surface area contributed by atoms with Gasteiger partial charge in [0.05, 0.1) is 19.6 Å². The van der Waals surface area contributed by atoms with Crippen molar-refractivity contribution in [3.05, 3.63) is 0 Å². The van der Waals surface area contributed by atoms with Crippen LogP contribution in [0.5, 0.6) is 0 Å². The number of nitrogens with one attached hydrogen (secondary N) is 3. The van der Waals surface area contributed by atoms with Crippen LogP contribution in [0, 0.1) is 0 Å². The van der Waals surface area contributed by atoms with Crippen LogP contribution in [-0.4, -0.2) is 43.9 Å². The molecule has 0 saturated carbocycles. The molecule has 0 bridgehead atoms. The van der Waals surface area contributed by atoms with E-state index >= 15 is 0 Å². The molecule has 0 unspecified atom stereocenters. The van der Waals surface area contributed by atoms with Gasteiger partial charge in [0.2, 0.25) is 17.7 Å². The molecule has 0 radical (unpaired) electrons. The molecule has 0 rings (SSSR count). The Kier molecular flexibility index (Phi) is 8.67. The molecule has 5 N–H and O–H groups in total. The minimum absolute atomic E-state index is 0.0823. The predicted octanol–water partition coefficient (Wildman–Crippen LogP) is -1.91. The van der Waals surface area contributed by atoms with Crippen molar-refractivity contribution in [3.63, 3.8) is 0 Å². The molecule has 0 aromatic heterocycles. The van der Waals surface area contributed by atoms with E-state index in [1.165, 1.54) is 0 Å². The van der Waals surface area contributed by atoms with Gasteiger partial charge in [-0.05, 0) is 6.42 Å². The summed E-state index contributed by atoms with van der Waals surface area (Å²) in [4.78, 5) is 33.1. The van der Waals surface area contributed by atoms with Crippen molar-refractivity contribution >= 4 is 17.7 Å². The SMILES string of the molecule is CCCCNC(=O)CNC(=O)CNC(=O)CN.